The molecule has 0 spiro atoms. The molecule has 1 saturated carbocycles. The van der Waals surface area contributed by atoms with Crippen LogP contribution in [0.3, 0.4) is 0 Å². The van der Waals surface area contributed by atoms with Crippen LogP contribution in [0, 0.1) is 0 Å². The molecule has 2 aromatic carbocycles. The van der Waals surface area contributed by atoms with Crippen LogP contribution in [-0.4, -0.2) is 7.05 Å². The molecule has 2 aromatic rings. The molecule has 0 bridgehead atoms. The monoisotopic (exact) mass is 319 g/mol. The first-order valence-corrected chi connectivity index (χ1v) is 8.17. The molecule has 1 aliphatic carbocycles. The second kappa shape index (κ2) is 6.39. The zero-order valence-corrected chi connectivity index (χ0v) is 13.6. The average Bonchev–Trinajstić information content (AvgIpc) is 2.43. The zero-order chi connectivity index (χ0) is 14.8. The third-order valence-corrected chi connectivity index (χ3v) is 5.24. The normalized spacial score (nSPS) is 16.5. The lowest BCUT2D eigenvalue weighted by atomic mass is 9.79. The number of nitrogens with one attached hydrogen (secondary N) is 1. The van der Waals surface area contributed by atoms with Crippen molar-refractivity contribution in [2.45, 2.75) is 31.2 Å². The van der Waals surface area contributed by atoms with Crippen LogP contribution in [0.15, 0.2) is 42.5 Å². The Kier molecular flexibility index (Phi) is 4.54. The lowest BCUT2D eigenvalue weighted by Crippen LogP contribution is -2.19. The maximum absolute atomic E-state index is 6.39. The Morgan fingerprint density at radius 1 is 1.10 bits per heavy atom. The minimum Gasteiger partial charge on any atom is -0.309 e. The molecular weight excluding hydrogens is 301 g/mol. The fraction of sp³-hybridized carbons (Fsp3) is 0.333. The highest BCUT2D eigenvalue weighted by atomic mass is 35.5. The number of hydrogen-bond acceptors (Lipinski definition) is 1. The van der Waals surface area contributed by atoms with Crippen LogP contribution >= 0.6 is 23.2 Å². The number of benzene rings is 2. The second-order valence-corrected chi connectivity index (χ2v) is 6.45. The van der Waals surface area contributed by atoms with E-state index in [-0.39, 0.29) is 6.04 Å². The molecule has 110 valence electrons. The molecule has 1 unspecified atom stereocenters. The van der Waals surface area contributed by atoms with Crippen LogP contribution < -0.4 is 5.32 Å². The quantitative estimate of drug-likeness (QED) is 0.776. The highest BCUT2D eigenvalue weighted by molar-refractivity contribution is 6.42. The van der Waals surface area contributed by atoms with Gasteiger partial charge in [0.2, 0.25) is 0 Å². The van der Waals surface area contributed by atoms with Gasteiger partial charge in [-0.15, -0.1) is 0 Å². The second-order valence-electron chi connectivity index (χ2n) is 5.66. The van der Waals surface area contributed by atoms with Gasteiger partial charge in [-0.25, -0.2) is 0 Å². The standard InChI is InChI=1S/C18H19Cl2N/c1-21-18(15-9-4-10-16(19)17(15)20)14-8-3-7-13(11-14)12-5-2-6-12/h3-4,7-12,18,21H,2,5-6H2,1H3. The topological polar surface area (TPSA) is 12.0 Å². The summed E-state index contributed by atoms with van der Waals surface area (Å²) in [5.74, 6) is 0.734. The van der Waals surface area contributed by atoms with Gasteiger partial charge >= 0.3 is 0 Å². The zero-order valence-electron chi connectivity index (χ0n) is 12.1. The molecule has 0 heterocycles. The minimum atomic E-state index is 0.0660. The van der Waals surface area contributed by atoms with E-state index in [0.717, 1.165) is 11.5 Å². The lowest BCUT2D eigenvalue weighted by Gasteiger charge is -2.27. The summed E-state index contributed by atoms with van der Waals surface area (Å²) in [5.41, 5.74) is 3.71. The molecule has 0 saturated heterocycles. The van der Waals surface area contributed by atoms with Gasteiger partial charge in [-0.1, -0.05) is 66.0 Å². The predicted octanol–water partition coefficient (Wildman–Crippen LogP) is 5.57. The van der Waals surface area contributed by atoms with Crippen molar-refractivity contribution in [1.29, 1.82) is 0 Å². The first-order valence-electron chi connectivity index (χ1n) is 7.41. The Morgan fingerprint density at radius 2 is 1.86 bits per heavy atom. The highest BCUT2D eigenvalue weighted by Crippen LogP contribution is 2.38. The smallest absolute Gasteiger partial charge is 0.0643 e. The molecule has 1 nitrogen and oxygen atoms in total. The summed E-state index contributed by atoms with van der Waals surface area (Å²) in [7, 11) is 1.96. The van der Waals surface area contributed by atoms with Gasteiger partial charge in [0, 0.05) is 0 Å². The van der Waals surface area contributed by atoms with Gasteiger partial charge in [-0.2, -0.15) is 0 Å². The van der Waals surface area contributed by atoms with Crippen LogP contribution in [0.5, 0.6) is 0 Å². The van der Waals surface area contributed by atoms with Gasteiger partial charge in [0.15, 0.2) is 0 Å². The Morgan fingerprint density at radius 3 is 2.52 bits per heavy atom. The van der Waals surface area contributed by atoms with Crippen LogP contribution in [0.2, 0.25) is 10.0 Å². The lowest BCUT2D eigenvalue weighted by molar-refractivity contribution is 0.419. The molecule has 21 heavy (non-hydrogen) atoms. The highest BCUT2D eigenvalue weighted by Gasteiger charge is 2.22. The van der Waals surface area contributed by atoms with Crippen molar-refractivity contribution in [1.82, 2.24) is 5.32 Å². The molecule has 3 heteroatoms. The molecule has 3 rings (SSSR count). The largest absolute Gasteiger partial charge is 0.309 e. The fourth-order valence-corrected chi connectivity index (χ4v) is 3.40. The van der Waals surface area contributed by atoms with E-state index in [1.54, 1.807) is 0 Å². The summed E-state index contributed by atoms with van der Waals surface area (Å²) in [6.45, 7) is 0. The van der Waals surface area contributed by atoms with E-state index in [4.69, 9.17) is 23.2 Å². The predicted molar refractivity (Wildman–Crippen MR) is 90.4 cm³/mol. The van der Waals surface area contributed by atoms with Crippen molar-refractivity contribution < 1.29 is 0 Å². The first kappa shape index (κ1) is 14.9. The molecule has 0 amide bonds. The maximum Gasteiger partial charge on any atom is 0.0643 e. The van der Waals surface area contributed by atoms with Crippen LogP contribution in [0.4, 0.5) is 0 Å². The first-order chi connectivity index (χ1) is 10.2. The van der Waals surface area contributed by atoms with Crippen molar-refractivity contribution >= 4 is 23.2 Å². The van der Waals surface area contributed by atoms with Crippen molar-refractivity contribution in [3.05, 3.63) is 69.2 Å². The van der Waals surface area contributed by atoms with Crippen molar-refractivity contribution in [2.24, 2.45) is 0 Å². The number of halogens is 2. The Balaban J connectivity index is 1.97. The summed E-state index contributed by atoms with van der Waals surface area (Å²) < 4.78 is 0. The van der Waals surface area contributed by atoms with Gasteiger partial charge in [0.1, 0.15) is 0 Å². The fourth-order valence-electron chi connectivity index (χ4n) is 2.98. The van der Waals surface area contributed by atoms with Gasteiger partial charge in [-0.05, 0) is 48.6 Å². The molecular formula is C18H19Cl2N. The van der Waals surface area contributed by atoms with E-state index in [9.17, 15) is 0 Å². The van der Waals surface area contributed by atoms with Crippen LogP contribution in [-0.2, 0) is 0 Å². The van der Waals surface area contributed by atoms with E-state index < -0.39 is 0 Å². The van der Waals surface area contributed by atoms with E-state index >= 15 is 0 Å². The van der Waals surface area contributed by atoms with Crippen LogP contribution in [0.25, 0.3) is 0 Å². The van der Waals surface area contributed by atoms with E-state index in [1.807, 2.05) is 25.2 Å². The van der Waals surface area contributed by atoms with Crippen LogP contribution in [0.1, 0.15) is 47.9 Å². The van der Waals surface area contributed by atoms with Gasteiger partial charge in [0.25, 0.3) is 0 Å². The third-order valence-electron chi connectivity index (χ3n) is 4.40. The summed E-state index contributed by atoms with van der Waals surface area (Å²) >= 11 is 12.5. The Labute approximate surface area is 136 Å². The van der Waals surface area contributed by atoms with Gasteiger partial charge < -0.3 is 5.32 Å². The molecule has 0 radical (unpaired) electrons. The molecule has 1 fully saturated rings. The summed E-state index contributed by atoms with van der Waals surface area (Å²) in [4.78, 5) is 0. The van der Waals surface area contributed by atoms with Crippen molar-refractivity contribution in [2.75, 3.05) is 7.05 Å². The van der Waals surface area contributed by atoms with E-state index in [2.05, 4.69) is 29.6 Å². The maximum atomic E-state index is 6.39. The number of hydrogen-bond donors (Lipinski definition) is 1. The molecule has 1 N–H and O–H groups in total. The molecule has 0 aliphatic heterocycles. The summed E-state index contributed by atoms with van der Waals surface area (Å²) in [6, 6.07) is 14.7. The van der Waals surface area contributed by atoms with E-state index in [0.29, 0.717) is 10.0 Å². The molecule has 1 aliphatic rings. The van der Waals surface area contributed by atoms with E-state index in [1.165, 1.54) is 30.4 Å². The molecule has 1 atom stereocenters. The number of rotatable bonds is 4. The van der Waals surface area contributed by atoms with Gasteiger partial charge in [-0.3, -0.25) is 0 Å². The van der Waals surface area contributed by atoms with Gasteiger partial charge in [0.05, 0.1) is 16.1 Å². The van der Waals surface area contributed by atoms with Crippen molar-refractivity contribution in [3.8, 4) is 0 Å². The Hall–Kier alpha value is -1.02. The van der Waals surface area contributed by atoms with Crippen molar-refractivity contribution in [3.63, 3.8) is 0 Å². The summed E-state index contributed by atoms with van der Waals surface area (Å²) in [5, 5.41) is 4.60. The summed E-state index contributed by atoms with van der Waals surface area (Å²) in [6.07, 6.45) is 3.97. The minimum absolute atomic E-state index is 0.0660. The Bertz CT molecular complexity index is 635. The molecule has 0 aromatic heterocycles. The SMILES string of the molecule is CNC(c1cccc(C2CCC2)c1)c1cccc(Cl)c1Cl. The average molecular weight is 320 g/mol. The third kappa shape index (κ3) is 2.96.